The van der Waals surface area contributed by atoms with E-state index in [-0.39, 0.29) is 0 Å². The zero-order valence-electron chi connectivity index (χ0n) is 12.3. The Balaban J connectivity index is 1.92. The Morgan fingerprint density at radius 3 is 2.68 bits per heavy atom. The van der Waals surface area contributed by atoms with Crippen molar-refractivity contribution in [2.45, 2.75) is 46.8 Å². The Kier molecular flexibility index (Phi) is 4.37. The summed E-state index contributed by atoms with van der Waals surface area (Å²) in [5.74, 6) is 0. The summed E-state index contributed by atoms with van der Waals surface area (Å²) >= 11 is 0. The van der Waals surface area contributed by atoms with Crippen molar-refractivity contribution >= 4 is 0 Å². The third-order valence-corrected chi connectivity index (χ3v) is 3.38. The van der Waals surface area contributed by atoms with Crippen molar-refractivity contribution in [3.63, 3.8) is 0 Å². The van der Waals surface area contributed by atoms with Crippen LogP contribution in [-0.4, -0.2) is 19.6 Å². The first-order valence-corrected chi connectivity index (χ1v) is 6.83. The van der Waals surface area contributed by atoms with Crippen molar-refractivity contribution in [3.8, 4) is 0 Å². The van der Waals surface area contributed by atoms with Crippen molar-refractivity contribution < 1.29 is 0 Å². The van der Waals surface area contributed by atoms with Crippen LogP contribution in [0.15, 0.2) is 12.4 Å². The molecule has 0 saturated carbocycles. The van der Waals surface area contributed by atoms with Crippen LogP contribution in [-0.2, 0) is 26.7 Å². The van der Waals surface area contributed by atoms with E-state index in [1.165, 1.54) is 16.8 Å². The highest BCUT2D eigenvalue weighted by molar-refractivity contribution is 5.17. The van der Waals surface area contributed by atoms with Gasteiger partial charge in [-0.25, -0.2) is 0 Å². The molecule has 0 saturated heterocycles. The van der Waals surface area contributed by atoms with Crippen LogP contribution in [0, 0.1) is 13.8 Å². The first kappa shape index (κ1) is 13.8. The summed E-state index contributed by atoms with van der Waals surface area (Å²) in [6.07, 6.45) is 5.16. The van der Waals surface area contributed by atoms with Gasteiger partial charge in [-0.05, 0) is 25.8 Å². The first-order valence-electron chi connectivity index (χ1n) is 6.83. The molecule has 0 atom stereocenters. The largest absolute Gasteiger partial charge is 0.307 e. The fraction of sp³-hybridized carbons (Fsp3) is 0.571. The molecule has 0 radical (unpaired) electrons. The molecule has 2 aromatic rings. The van der Waals surface area contributed by atoms with Gasteiger partial charge in [0.2, 0.25) is 0 Å². The Hall–Kier alpha value is -1.62. The molecule has 104 valence electrons. The molecule has 2 aromatic heterocycles. The maximum Gasteiger partial charge on any atom is 0.0638 e. The molecule has 2 rings (SSSR count). The zero-order chi connectivity index (χ0) is 13.8. The highest BCUT2D eigenvalue weighted by atomic mass is 15.3. The minimum atomic E-state index is 0.834. The Labute approximate surface area is 114 Å². The quantitative estimate of drug-likeness (QED) is 0.864. The Morgan fingerprint density at radius 2 is 2.05 bits per heavy atom. The lowest BCUT2D eigenvalue weighted by Gasteiger charge is -2.05. The molecule has 0 aliphatic carbocycles. The van der Waals surface area contributed by atoms with Gasteiger partial charge in [0.05, 0.1) is 17.6 Å². The Morgan fingerprint density at radius 1 is 1.26 bits per heavy atom. The summed E-state index contributed by atoms with van der Waals surface area (Å²) in [6.45, 7) is 9.00. The maximum absolute atomic E-state index is 4.51. The van der Waals surface area contributed by atoms with Crippen LogP contribution in [0.4, 0.5) is 0 Å². The van der Waals surface area contributed by atoms with E-state index in [2.05, 4.69) is 42.5 Å². The van der Waals surface area contributed by atoms with Gasteiger partial charge in [-0.3, -0.25) is 9.36 Å². The SMILES string of the molecule is CCCn1cc(CNCc2c(C)cnn2C)c(C)n1. The molecular formula is C14H23N5. The van der Waals surface area contributed by atoms with Crippen molar-refractivity contribution in [2.75, 3.05) is 0 Å². The van der Waals surface area contributed by atoms with E-state index in [9.17, 15) is 0 Å². The standard InChI is InChI=1S/C14H23N5/c1-5-6-19-10-13(12(3)17-19)8-15-9-14-11(2)7-16-18(14)4/h7,10,15H,5-6,8-9H2,1-4H3. The van der Waals surface area contributed by atoms with E-state index >= 15 is 0 Å². The number of aryl methyl sites for hydroxylation is 4. The highest BCUT2D eigenvalue weighted by Crippen LogP contribution is 2.08. The van der Waals surface area contributed by atoms with Gasteiger partial charge in [0.25, 0.3) is 0 Å². The van der Waals surface area contributed by atoms with Crippen molar-refractivity contribution in [3.05, 3.63) is 34.9 Å². The van der Waals surface area contributed by atoms with Gasteiger partial charge in [-0.15, -0.1) is 0 Å². The van der Waals surface area contributed by atoms with E-state index in [0.29, 0.717) is 0 Å². The average molecular weight is 261 g/mol. The lowest BCUT2D eigenvalue weighted by Crippen LogP contribution is -2.16. The minimum absolute atomic E-state index is 0.834. The van der Waals surface area contributed by atoms with Gasteiger partial charge in [-0.2, -0.15) is 10.2 Å². The van der Waals surface area contributed by atoms with Crippen LogP contribution in [0.25, 0.3) is 0 Å². The van der Waals surface area contributed by atoms with Crippen LogP contribution in [0.2, 0.25) is 0 Å². The van der Waals surface area contributed by atoms with Crippen molar-refractivity contribution in [1.29, 1.82) is 0 Å². The van der Waals surface area contributed by atoms with Gasteiger partial charge in [0, 0.05) is 38.4 Å². The molecule has 0 spiro atoms. The fourth-order valence-corrected chi connectivity index (χ4v) is 2.22. The second-order valence-electron chi connectivity index (χ2n) is 5.00. The third kappa shape index (κ3) is 3.23. The van der Waals surface area contributed by atoms with Gasteiger partial charge >= 0.3 is 0 Å². The predicted molar refractivity (Wildman–Crippen MR) is 75.7 cm³/mol. The molecule has 2 heterocycles. The molecule has 0 aliphatic rings. The summed E-state index contributed by atoms with van der Waals surface area (Å²) in [7, 11) is 1.98. The molecule has 5 heteroatoms. The molecule has 0 bridgehead atoms. The molecule has 19 heavy (non-hydrogen) atoms. The summed E-state index contributed by atoms with van der Waals surface area (Å²) in [4.78, 5) is 0. The van der Waals surface area contributed by atoms with E-state index in [4.69, 9.17) is 0 Å². The smallest absolute Gasteiger partial charge is 0.0638 e. The summed E-state index contributed by atoms with van der Waals surface area (Å²) < 4.78 is 3.96. The van der Waals surface area contributed by atoms with Gasteiger partial charge in [0.15, 0.2) is 0 Å². The molecule has 0 fully saturated rings. The van der Waals surface area contributed by atoms with E-state index < -0.39 is 0 Å². The molecule has 0 amide bonds. The predicted octanol–water partition coefficient (Wildman–Crippen LogP) is 1.93. The number of nitrogens with one attached hydrogen (secondary N) is 1. The second-order valence-corrected chi connectivity index (χ2v) is 5.00. The van der Waals surface area contributed by atoms with Crippen molar-refractivity contribution in [1.82, 2.24) is 24.9 Å². The second kappa shape index (κ2) is 6.02. The summed E-state index contributed by atoms with van der Waals surface area (Å²) in [6, 6.07) is 0. The molecule has 0 aliphatic heterocycles. The van der Waals surface area contributed by atoms with Gasteiger partial charge in [-0.1, -0.05) is 6.92 Å². The third-order valence-electron chi connectivity index (χ3n) is 3.38. The number of aromatic nitrogens is 4. The van der Waals surface area contributed by atoms with Crippen LogP contribution in [0.3, 0.4) is 0 Å². The summed E-state index contributed by atoms with van der Waals surface area (Å²) in [5.41, 5.74) is 4.85. The monoisotopic (exact) mass is 261 g/mol. The van der Waals surface area contributed by atoms with Crippen LogP contribution in [0.1, 0.15) is 35.9 Å². The minimum Gasteiger partial charge on any atom is -0.307 e. The van der Waals surface area contributed by atoms with Crippen LogP contribution in [0.5, 0.6) is 0 Å². The average Bonchev–Trinajstić information content (AvgIpc) is 2.87. The molecular weight excluding hydrogens is 238 g/mol. The molecule has 0 aromatic carbocycles. The Bertz CT molecular complexity index is 519. The highest BCUT2D eigenvalue weighted by Gasteiger charge is 2.06. The maximum atomic E-state index is 4.51. The topological polar surface area (TPSA) is 47.7 Å². The van der Waals surface area contributed by atoms with E-state index in [1.807, 2.05) is 22.6 Å². The van der Waals surface area contributed by atoms with Gasteiger partial charge < -0.3 is 5.32 Å². The normalized spacial score (nSPS) is 11.2. The zero-order valence-corrected chi connectivity index (χ0v) is 12.3. The number of hydrogen-bond donors (Lipinski definition) is 1. The number of nitrogens with zero attached hydrogens (tertiary/aromatic N) is 4. The van der Waals surface area contributed by atoms with Crippen LogP contribution >= 0.6 is 0 Å². The number of hydrogen-bond acceptors (Lipinski definition) is 3. The fourth-order valence-electron chi connectivity index (χ4n) is 2.22. The first-order chi connectivity index (χ1) is 9.11. The van der Waals surface area contributed by atoms with E-state index in [1.54, 1.807) is 0 Å². The van der Waals surface area contributed by atoms with Crippen LogP contribution < -0.4 is 5.32 Å². The summed E-state index contributed by atoms with van der Waals surface area (Å²) in [5, 5.41) is 12.2. The number of rotatable bonds is 6. The van der Waals surface area contributed by atoms with Crippen molar-refractivity contribution in [2.24, 2.45) is 7.05 Å². The van der Waals surface area contributed by atoms with E-state index in [0.717, 1.165) is 31.7 Å². The lowest BCUT2D eigenvalue weighted by molar-refractivity contribution is 0.596. The molecule has 0 unspecified atom stereocenters. The van der Waals surface area contributed by atoms with Gasteiger partial charge in [0.1, 0.15) is 0 Å². The lowest BCUT2D eigenvalue weighted by atomic mass is 10.2. The molecule has 1 N–H and O–H groups in total. The molecule has 5 nitrogen and oxygen atoms in total.